The molecule has 0 radical (unpaired) electrons. The number of ketones is 1. The molecule has 3 nitrogen and oxygen atoms in total. The van der Waals surface area contributed by atoms with Crippen molar-refractivity contribution in [3.8, 4) is 0 Å². The van der Waals surface area contributed by atoms with E-state index in [1.807, 2.05) is 0 Å². The number of hydrogen-bond acceptors (Lipinski definition) is 3. The van der Waals surface area contributed by atoms with Gasteiger partial charge in [0.15, 0.2) is 10.1 Å². The molecule has 2 unspecified atom stereocenters. The summed E-state index contributed by atoms with van der Waals surface area (Å²) >= 11 is 14.0. The lowest BCUT2D eigenvalue weighted by Gasteiger charge is -2.39. The predicted octanol–water partition coefficient (Wildman–Crippen LogP) is 3.23. The maximum Gasteiger partial charge on any atom is 0.216 e. The second-order valence-electron chi connectivity index (χ2n) is 3.71. The van der Waals surface area contributed by atoms with Crippen LogP contribution < -0.4 is 0 Å². The van der Waals surface area contributed by atoms with Crippen LogP contribution in [0.3, 0.4) is 0 Å². The van der Waals surface area contributed by atoms with E-state index in [1.54, 1.807) is 0 Å². The SMILES string of the molecule is COC1(OC)C2(Br)CC(=O)C1(Br)C(Br)=C2Br. The molecule has 90 valence electrons. The summed E-state index contributed by atoms with van der Waals surface area (Å²) in [7, 11) is 3.06. The molecule has 2 atom stereocenters. The third-order valence-electron chi connectivity index (χ3n) is 3.18. The van der Waals surface area contributed by atoms with Crippen molar-refractivity contribution in [1.82, 2.24) is 0 Å². The highest BCUT2D eigenvalue weighted by atomic mass is 79.9. The molecule has 0 aliphatic heterocycles. The lowest BCUT2D eigenvalue weighted by Crippen LogP contribution is -2.56. The van der Waals surface area contributed by atoms with Crippen LogP contribution >= 0.6 is 63.7 Å². The number of carbonyl (C=O) groups excluding carboxylic acids is 1. The van der Waals surface area contributed by atoms with Gasteiger partial charge < -0.3 is 9.47 Å². The first-order chi connectivity index (χ1) is 7.31. The molecule has 2 bridgehead atoms. The van der Waals surface area contributed by atoms with E-state index in [4.69, 9.17) is 9.47 Å². The van der Waals surface area contributed by atoms with Crippen LogP contribution in [0.2, 0.25) is 0 Å². The molecule has 1 fully saturated rings. The Morgan fingerprint density at radius 2 is 1.62 bits per heavy atom. The number of rotatable bonds is 2. The van der Waals surface area contributed by atoms with Crippen molar-refractivity contribution in [3.63, 3.8) is 0 Å². The Kier molecular flexibility index (Phi) is 3.31. The number of carbonyl (C=O) groups is 1. The molecule has 1 saturated carbocycles. The van der Waals surface area contributed by atoms with Crippen molar-refractivity contribution in [2.75, 3.05) is 14.2 Å². The Labute approximate surface area is 127 Å². The van der Waals surface area contributed by atoms with Crippen LogP contribution in [0.25, 0.3) is 0 Å². The second kappa shape index (κ2) is 3.87. The van der Waals surface area contributed by atoms with Crippen LogP contribution in [0, 0.1) is 0 Å². The summed E-state index contributed by atoms with van der Waals surface area (Å²) in [6, 6.07) is 0. The van der Waals surface area contributed by atoms with E-state index < -0.39 is 14.4 Å². The third-order valence-corrected chi connectivity index (χ3v) is 9.40. The van der Waals surface area contributed by atoms with Gasteiger partial charge in [-0.3, -0.25) is 4.79 Å². The third kappa shape index (κ3) is 1.13. The normalized spacial score (nSPS) is 41.0. The Balaban J connectivity index is 2.75. The van der Waals surface area contributed by atoms with E-state index >= 15 is 0 Å². The van der Waals surface area contributed by atoms with E-state index in [-0.39, 0.29) is 5.78 Å². The molecule has 0 aromatic rings. The molecule has 0 amide bonds. The summed E-state index contributed by atoms with van der Waals surface area (Å²) < 4.78 is 10.9. The Hall–Kier alpha value is 1.25. The minimum Gasteiger partial charge on any atom is -0.350 e. The van der Waals surface area contributed by atoms with Crippen molar-refractivity contribution in [2.24, 2.45) is 0 Å². The number of halogens is 4. The summed E-state index contributed by atoms with van der Waals surface area (Å²) in [5.74, 6) is -1.07. The minimum absolute atomic E-state index is 0.0168. The molecule has 0 aromatic carbocycles. The summed E-state index contributed by atoms with van der Waals surface area (Å²) in [6.07, 6.45) is 0.301. The average Bonchev–Trinajstić information content (AvgIpc) is 2.50. The van der Waals surface area contributed by atoms with Crippen LogP contribution in [0.5, 0.6) is 0 Å². The first kappa shape index (κ1) is 13.7. The van der Waals surface area contributed by atoms with Crippen molar-refractivity contribution < 1.29 is 14.3 Å². The second-order valence-corrected chi connectivity index (χ2v) is 7.84. The number of methoxy groups -OCH3 is 2. The van der Waals surface area contributed by atoms with Gasteiger partial charge in [0.05, 0.1) is 0 Å². The van der Waals surface area contributed by atoms with E-state index in [9.17, 15) is 4.79 Å². The van der Waals surface area contributed by atoms with E-state index in [2.05, 4.69) is 63.7 Å². The van der Waals surface area contributed by atoms with Crippen LogP contribution in [-0.4, -0.2) is 34.4 Å². The summed E-state index contributed by atoms with van der Waals surface area (Å²) in [6.45, 7) is 0. The molecule has 0 aromatic heterocycles. The van der Waals surface area contributed by atoms with Gasteiger partial charge in [-0.25, -0.2) is 0 Å². The zero-order valence-corrected chi connectivity index (χ0v) is 14.8. The van der Waals surface area contributed by atoms with Crippen LogP contribution in [-0.2, 0) is 14.3 Å². The molecule has 2 rings (SSSR count). The zero-order valence-electron chi connectivity index (χ0n) is 8.44. The van der Waals surface area contributed by atoms with Crippen molar-refractivity contribution >= 4 is 69.5 Å². The lowest BCUT2D eigenvalue weighted by molar-refractivity contribution is -0.210. The molecule has 0 heterocycles. The van der Waals surface area contributed by atoms with Gasteiger partial charge in [0.2, 0.25) is 5.79 Å². The molecule has 0 saturated heterocycles. The fraction of sp³-hybridized carbons (Fsp3) is 0.667. The standard InChI is InChI=1S/C9H8Br4O3/c1-15-9(16-2)7(12)3-4(14)8(9,13)6(11)5(7)10/h3H2,1-2H3. The predicted molar refractivity (Wildman–Crippen MR) is 74.6 cm³/mol. The van der Waals surface area contributed by atoms with Gasteiger partial charge >= 0.3 is 0 Å². The number of ether oxygens (including phenoxy) is 2. The number of hydrogen-bond donors (Lipinski definition) is 0. The summed E-state index contributed by atoms with van der Waals surface area (Å²) in [4.78, 5) is 12.1. The molecule has 16 heavy (non-hydrogen) atoms. The van der Waals surface area contributed by atoms with Gasteiger partial charge in [-0.05, 0) is 0 Å². The molecule has 2 aliphatic rings. The fourth-order valence-corrected chi connectivity index (χ4v) is 6.81. The smallest absolute Gasteiger partial charge is 0.216 e. The molecular formula is C9H8Br4O3. The van der Waals surface area contributed by atoms with Crippen molar-refractivity contribution in [1.29, 1.82) is 0 Å². The van der Waals surface area contributed by atoms with Crippen LogP contribution in [0.4, 0.5) is 0 Å². The molecule has 7 heteroatoms. The summed E-state index contributed by atoms with van der Waals surface area (Å²) in [5, 5.41) is 0. The van der Waals surface area contributed by atoms with Gasteiger partial charge in [-0.2, -0.15) is 0 Å². The summed E-state index contributed by atoms with van der Waals surface area (Å²) in [5.41, 5.74) is 0. The van der Waals surface area contributed by atoms with Gasteiger partial charge in [0, 0.05) is 29.6 Å². The molecule has 2 aliphatic carbocycles. The Morgan fingerprint density at radius 1 is 1.12 bits per heavy atom. The lowest BCUT2D eigenvalue weighted by atomic mass is 10.0. The molecule has 0 spiro atoms. The van der Waals surface area contributed by atoms with E-state index in [1.165, 1.54) is 14.2 Å². The maximum absolute atomic E-state index is 12.1. The molecule has 0 N–H and O–H groups in total. The Morgan fingerprint density at radius 3 is 1.94 bits per heavy atom. The highest BCUT2D eigenvalue weighted by Gasteiger charge is 2.80. The fourth-order valence-electron chi connectivity index (χ4n) is 2.42. The van der Waals surface area contributed by atoms with Crippen LogP contribution in [0.1, 0.15) is 6.42 Å². The van der Waals surface area contributed by atoms with Gasteiger partial charge in [0.25, 0.3) is 0 Å². The number of Topliss-reactive ketones (excluding diaryl/α,β-unsaturated/α-hetero) is 1. The average molecular weight is 484 g/mol. The number of alkyl halides is 2. The van der Waals surface area contributed by atoms with E-state index in [0.29, 0.717) is 10.9 Å². The van der Waals surface area contributed by atoms with Crippen molar-refractivity contribution in [3.05, 3.63) is 8.96 Å². The van der Waals surface area contributed by atoms with Gasteiger partial charge in [-0.1, -0.05) is 63.7 Å². The monoisotopic (exact) mass is 480 g/mol. The van der Waals surface area contributed by atoms with Crippen LogP contribution in [0.15, 0.2) is 8.96 Å². The largest absolute Gasteiger partial charge is 0.350 e. The van der Waals surface area contributed by atoms with Crippen molar-refractivity contribution in [2.45, 2.75) is 20.9 Å². The highest BCUT2D eigenvalue weighted by molar-refractivity contribution is 9.16. The highest BCUT2D eigenvalue weighted by Crippen LogP contribution is 2.70. The minimum atomic E-state index is -1.09. The topological polar surface area (TPSA) is 35.5 Å². The maximum atomic E-state index is 12.1. The van der Waals surface area contributed by atoms with Gasteiger partial charge in [0.1, 0.15) is 4.32 Å². The van der Waals surface area contributed by atoms with E-state index in [0.717, 1.165) is 4.48 Å². The first-order valence-electron chi connectivity index (χ1n) is 4.39. The molecular weight excluding hydrogens is 476 g/mol. The Bertz CT molecular complexity index is 404. The quantitative estimate of drug-likeness (QED) is 0.447. The first-order valence-corrected chi connectivity index (χ1v) is 7.56. The van der Waals surface area contributed by atoms with Gasteiger partial charge in [-0.15, -0.1) is 0 Å². The zero-order chi connectivity index (χ0) is 12.4. The number of fused-ring (bicyclic) bond motifs is 2.